The molecule has 0 spiro atoms. The van der Waals surface area contributed by atoms with E-state index in [1.165, 1.54) is 0 Å². The van der Waals surface area contributed by atoms with Gasteiger partial charge in [-0.25, -0.2) is 0 Å². The molecule has 1 fully saturated rings. The van der Waals surface area contributed by atoms with Gasteiger partial charge < -0.3 is 4.74 Å². The maximum atomic E-state index is 12.2. The highest BCUT2D eigenvalue weighted by molar-refractivity contribution is 5.89. The summed E-state index contributed by atoms with van der Waals surface area (Å²) in [6.07, 6.45) is 1.38. The van der Waals surface area contributed by atoms with E-state index in [-0.39, 0.29) is 11.3 Å². The maximum absolute atomic E-state index is 12.2. The van der Waals surface area contributed by atoms with Crippen LogP contribution in [0.1, 0.15) is 33.6 Å². The number of Topliss-reactive ketones (excluding diaryl/α,β-unsaturated/α-hetero) is 1. The van der Waals surface area contributed by atoms with Gasteiger partial charge in [-0.1, -0.05) is 19.1 Å². The van der Waals surface area contributed by atoms with E-state index in [0.717, 1.165) is 38.3 Å². The molecule has 0 atom stereocenters. The van der Waals surface area contributed by atoms with Crippen molar-refractivity contribution < 1.29 is 9.53 Å². The number of ketones is 1. The lowest BCUT2D eigenvalue weighted by molar-refractivity contribution is -0.131. The van der Waals surface area contributed by atoms with Gasteiger partial charge in [0.1, 0.15) is 0 Å². The van der Waals surface area contributed by atoms with Gasteiger partial charge >= 0.3 is 0 Å². The Morgan fingerprint density at radius 1 is 1.38 bits per heavy atom. The third-order valence-corrected chi connectivity index (χ3v) is 3.39. The van der Waals surface area contributed by atoms with Gasteiger partial charge in [-0.05, 0) is 20.3 Å². The van der Waals surface area contributed by atoms with Crippen LogP contribution in [-0.2, 0) is 9.53 Å². The first-order valence-electron chi connectivity index (χ1n) is 6.01. The maximum Gasteiger partial charge on any atom is 0.156 e. The molecule has 0 saturated carbocycles. The first-order valence-corrected chi connectivity index (χ1v) is 6.01. The lowest BCUT2D eigenvalue weighted by Crippen LogP contribution is -2.54. The summed E-state index contributed by atoms with van der Waals surface area (Å²) in [7, 11) is 0. The van der Waals surface area contributed by atoms with E-state index in [1.54, 1.807) is 0 Å². The molecule has 16 heavy (non-hydrogen) atoms. The number of hydrogen-bond donors (Lipinski definition) is 0. The molecule has 0 radical (unpaired) electrons. The van der Waals surface area contributed by atoms with Crippen molar-refractivity contribution in [3.63, 3.8) is 0 Å². The second kappa shape index (κ2) is 5.60. The van der Waals surface area contributed by atoms with E-state index in [2.05, 4.69) is 11.5 Å². The Kier molecular flexibility index (Phi) is 4.69. The van der Waals surface area contributed by atoms with E-state index in [9.17, 15) is 4.79 Å². The molecule has 1 heterocycles. The number of morpholine rings is 1. The highest BCUT2D eigenvalue weighted by Crippen LogP contribution is 2.21. The van der Waals surface area contributed by atoms with Crippen molar-refractivity contribution in [3.05, 3.63) is 12.2 Å². The van der Waals surface area contributed by atoms with E-state index in [0.29, 0.717) is 6.42 Å². The minimum Gasteiger partial charge on any atom is -0.379 e. The average Bonchev–Trinajstić information content (AvgIpc) is 2.29. The molecule has 1 aliphatic rings. The molecule has 0 aromatic rings. The van der Waals surface area contributed by atoms with Gasteiger partial charge in [-0.15, -0.1) is 0 Å². The second-order valence-corrected chi connectivity index (χ2v) is 4.86. The van der Waals surface area contributed by atoms with Crippen molar-refractivity contribution >= 4 is 5.78 Å². The summed E-state index contributed by atoms with van der Waals surface area (Å²) >= 11 is 0. The van der Waals surface area contributed by atoms with Crippen molar-refractivity contribution in [1.29, 1.82) is 0 Å². The topological polar surface area (TPSA) is 29.5 Å². The summed E-state index contributed by atoms with van der Waals surface area (Å²) in [5, 5.41) is 0. The summed E-state index contributed by atoms with van der Waals surface area (Å²) in [6, 6.07) is 0. The molecular formula is C13H23NO2. The summed E-state index contributed by atoms with van der Waals surface area (Å²) < 4.78 is 5.31. The Bertz CT molecular complexity index is 265. The second-order valence-electron chi connectivity index (χ2n) is 4.86. The molecule has 0 N–H and O–H groups in total. The summed E-state index contributed by atoms with van der Waals surface area (Å²) in [6.45, 7) is 13.1. The molecule has 3 heteroatoms. The Morgan fingerprint density at radius 2 is 1.94 bits per heavy atom. The van der Waals surface area contributed by atoms with Crippen LogP contribution >= 0.6 is 0 Å². The molecule has 1 rings (SSSR count). The Balaban J connectivity index is 2.60. The molecule has 0 unspecified atom stereocenters. The van der Waals surface area contributed by atoms with Crippen LogP contribution in [0.3, 0.4) is 0 Å². The van der Waals surface area contributed by atoms with E-state index < -0.39 is 0 Å². The fourth-order valence-electron chi connectivity index (χ4n) is 1.87. The smallest absolute Gasteiger partial charge is 0.156 e. The SMILES string of the molecule is C=C(CC)CC(=O)C(C)(C)N1CCOCC1. The van der Waals surface area contributed by atoms with Gasteiger partial charge in [0, 0.05) is 19.5 Å². The van der Waals surface area contributed by atoms with Crippen LogP contribution in [0.15, 0.2) is 12.2 Å². The molecule has 0 aromatic heterocycles. The summed E-state index contributed by atoms with van der Waals surface area (Å²) in [5.74, 6) is 0.265. The van der Waals surface area contributed by atoms with Gasteiger partial charge in [0.25, 0.3) is 0 Å². The van der Waals surface area contributed by atoms with Gasteiger partial charge in [0.2, 0.25) is 0 Å². The first kappa shape index (κ1) is 13.4. The standard InChI is InChI=1S/C13H23NO2/c1-5-11(2)10-12(15)13(3,4)14-6-8-16-9-7-14/h2,5-10H2,1,3-4H3. The number of carbonyl (C=O) groups is 1. The zero-order valence-electron chi connectivity index (χ0n) is 10.7. The quantitative estimate of drug-likeness (QED) is 0.670. The number of ether oxygens (including phenoxy) is 1. The van der Waals surface area contributed by atoms with Crippen molar-refractivity contribution in [1.82, 2.24) is 4.90 Å². The number of nitrogens with zero attached hydrogens (tertiary/aromatic N) is 1. The number of allylic oxidation sites excluding steroid dienone is 1. The molecule has 1 saturated heterocycles. The Morgan fingerprint density at radius 3 is 2.44 bits per heavy atom. The monoisotopic (exact) mass is 225 g/mol. The van der Waals surface area contributed by atoms with Gasteiger partial charge in [0.15, 0.2) is 5.78 Å². The summed E-state index contributed by atoms with van der Waals surface area (Å²) in [5.41, 5.74) is 0.633. The number of carbonyl (C=O) groups excluding carboxylic acids is 1. The molecule has 0 aliphatic carbocycles. The largest absolute Gasteiger partial charge is 0.379 e. The molecule has 92 valence electrons. The third-order valence-electron chi connectivity index (χ3n) is 3.39. The highest BCUT2D eigenvalue weighted by Gasteiger charge is 2.34. The van der Waals surface area contributed by atoms with Crippen LogP contribution in [0, 0.1) is 0 Å². The minimum atomic E-state index is -0.387. The first-order chi connectivity index (χ1) is 7.48. The molecule has 0 aromatic carbocycles. The van der Waals surface area contributed by atoms with E-state index in [4.69, 9.17) is 4.74 Å². The van der Waals surface area contributed by atoms with Crippen LogP contribution in [0.2, 0.25) is 0 Å². The van der Waals surface area contributed by atoms with Crippen molar-refractivity contribution in [3.8, 4) is 0 Å². The molecule has 3 nitrogen and oxygen atoms in total. The predicted molar refractivity (Wildman–Crippen MR) is 65.5 cm³/mol. The van der Waals surface area contributed by atoms with Crippen LogP contribution in [-0.4, -0.2) is 42.5 Å². The van der Waals surface area contributed by atoms with Crippen molar-refractivity contribution in [2.24, 2.45) is 0 Å². The lowest BCUT2D eigenvalue weighted by atomic mass is 9.91. The Hall–Kier alpha value is -0.670. The molecular weight excluding hydrogens is 202 g/mol. The van der Waals surface area contributed by atoms with Gasteiger partial charge in [-0.3, -0.25) is 9.69 Å². The minimum absolute atomic E-state index is 0.265. The molecule has 1 aliphatic heterocycles. The fourth-order valence-corrected chi connectivity index (χ4v) is 1.87. The van der Waals surface area contributed by atoms with Gasteiger partial charge in [-0.2, -0.15) is 0 Å². The Labute approximate surface area is 98.5 Å². The third kappa shape index (κ3) is 3.16. The van der Waals surface area contributed by atoms with Crippen LogP contribution in [0.25, 0.3) is 0 Å². The van der Waals surface area contributed by atoms with Gasteiger partial charge in [0.05, 0.1) is 18.8 Å². The molecule has 0 amide bonds. The van der Waals surface area contributed by atoms with Crippen LogP contribution in [0.5, 0.6) is 0 Å². The van der Waals surface area contributed by atoms with E-state index >= 15 is 0 Å². The van der Waals surface area contributed by atoms with Crippen molar-refractivity contribution in [2.75, 3.05) is 26.3 Å². The number of hydrogen-bond acceptors (Lipinski definition) is 3. The zero-order valence-corrected chi connectivity index (χ0v) is 10.7. The normalized spacial score (nSPS) is 18.4. The van der Waals surface area contributed by atoms with Crippen LogP contribution < -0.4 is 0 Å². The lowest BCUT2D eigenvalue weighted by Gasteiger charge is -2.39. The average molecular weight is 225 g/mol. The molecule has 0 bridgehead atoms. The summed E-state index contributed by atoms with van der Waals surface area (Å²) in [4.78, 5) is 14.4. The number of rotatable bonds is 5. The van der Waals surface area contributed by atoms with Crippen LogP contribution in [0.4, 0.5) is 0 Å². The van der Waals surface area contributed by atoms with E-state index in [1.807, 2.05) is 20.8 Å². The highest BCUT2D eigenvalue weighted by atomic mass is 16.5. The fraction of sp³-hybridized carbons (Fsp3) is 0.769. The van der Waals surface area contributed by atoms with Crippen molar-refractivity contribution in [2.45, 2.75) is 39.2 Å². The zero-order chi connectivity index (χ0) is 12.2. The predicted octanol–water partition coefficient (Wildman–Crippen LogP) is 2.02.